The lowest BCUT2D eigenvalue weighted by atomic mass is 10.0. The van der Waals surface area contributed by atoms with Crippen LogP contribution in [-0.2, 0) is 13.0 Å². The van der Waals surface area contributed by atoms with Crippen molar-refractivity contribution in [3.63, 3.8) is 0 Å². The first-order valence-corrected chi connectivity index (χ1v) is 11.9. The number of H-pyrrole nitrogens is 1. The number of aromatic hydroxyl groups is 1. The van der Waals surface area contributed by atoms with E-state index in [0.29, 0.717) is 35.8 Å². The topological polar surface area (TPSA) is 107 Å². The monoisotopic (exact) mass is 451 g/mol. The van der Waals surface area contributed by atoms with Crippen LogP contribution in [-0.4, -0.2) is 45.8 Å². The van der Waals surface area contributed by atoms with Gasteiger partial charge in [0.25, 0.3) is 5.91 Å². The van der Waals surface area contributed by atoms with E-state index < -0.39 is 5.91 Å². The molecular formula is C24H29N5O2S. The minimum absolute atomic E-state index is 0.304. The van der Waals surface area contributed by atoms with Crippen LogP contribution >= 0.6 is 11.8 Å². The van der Waals surface area contributed by atoms with E-state index in [1.807, 2.05) is 37.7 Å². The normalized spacial score (nSPS) is 13.9. The average Bonchev–Trinajstić information content (AvgIpc) is 3.19. The van der Waals surface area contributed by atoms with Crippen LogP contribution in [0.4, 0.5) is 11.5 Å². The van der Waals surface area contributed by atoms with E-state index in [4.69, 9.17) is 5.73 Å². The van der Waals surface area contributed by atoms with Crippen molar-refractivity contribution in [3.8, 4) is 5.75 Å². The lowest BCUT2D eigenvalue weighted by molar-refractivity contribution is 0.100. The van der Waals surface area contributed by atoms with Crippen LogP contribution in [0.3, 0.4) is 0 Å². The number of aryl methyl sites for hydroxylation is 2. The molecule has 1 saturated heterocycles. The molecule has 0 atom stereocenters. The third kappa shape index (κ3) is 4.85. The van der Waals surface area contributed by atoms with E-state index in [0.717, 1.165) is 46.8 Å². The zero-order chi connectivity index (χ0) is 22.7. The summed E-state index contributed by atoms with van der Waals surface area (Å²) >= 11 is 2.00. The Labute approximate surface area is 192 Å². The van der Waals surface area contributed by atoms with Crippen molar-refractivity contribution in [1.29, 1.82) is 0 Å². The molecule has 0 bridgehead atoms. The number of anilines is 2. The Hall–Kier alpha value is -3.13. The minimum Gasteiger partial charge on any atom is -0.507 e. The molecule has 1 aliphatic heterocycles. The van der Waals surface area contributed by atoms with Crippen molar-refractivity contribution in [3.05, 3.63) is 69.9 Å². The number of rotatable bonds is 7. The molecule has 168 valence electrons. The van der Waals surface area contributed by atoms with Gasteiger partial charge in [-0.3, -0.25) is 9.89 Å². The molecule has 2 heterocycles. The van der Waals surface area contributed by atoms with Crippen molar-refractivity contribution in [1.82, 2.24) is 10.2 Å². The van der Waals surface area contributed by atoms with Crippen molar-refractivity contribution < 1.29 is 9.90 Å². The largest absolute Gasteiger partial charge is 0.507 e. The summed E-state index contributed by atoms with van der Waals surface area (Å²) in [6.45, 7) is 6.35. The third-order valence-electron chi connectivity index (χ3n) is 5.79. The van der Waals surface area contributed by atoms with E-state index >= 15 is 0 Å². The Kier molecular flexibility index (Phi) is 6.60. The number of carbonyl (C=O) groups is 1. The van der Waals surface area contributed by atoms with Crippen molar-refractivity contribution in [2.24, 2.45) is 5.73 Å². The fourth-order valence-corrected chi connectivity index (χ4v) is 4.99. The highest BCUT2D eigenvalue weighted by Crippen LogP contribution is 2.25. The fourth-order valence-electron chi connectivity index (χ4n) is 4.08. The van der Waals surface area contributed by atoms with E-state index in [-0.39, 0.29) is 0 Å². The highest BCUT2D eigenvalue weighted by atomic mass is 32.2. The average molecular weight is 452 g/mol. The number of benzene rings is 2. The molecule has 1 aliphatic rings. The molecule has 0 spiro atoms. The number of aromatic amines is 1. The quantitative estimate of drug-likeness (QED) is 0.437. The molecule has 32 heavy (non-hydrogen) atoms. The first-order valence-electron chi connectivity index (χ1n) is 10.7. The van der Waals surface area contributed by atoms with E-state index in [1.54, 1.807) is 0 Å². The van der Waals surface area contributed by atoms with Crippen LogP contribution in [0.1, 0.15) is 38.3 Å². The summed E-state index contributed by atoms with van der Waals surface area (Å²) in [6.07, 6.45) is 0.542. The van der Waals surface area contributed by atoms with E-state index in [2.05, 4.69) is 44.7 Å². The molecule has 7 nitrogen and oxygen atoms in total. The van der Waals surface area contributed by atoms with Crippen molar-refractivity contribution in [2.75, 3.05) is 34.8 Å². The van der Waals surface area contributed by atoms with Gasteiger partial charge in [0.15, 0.2) is 5.82 Å². The van der Waals surface area contributed by atoms with Gasteiger partial charge in [0.1, 0.15) is 11.3 Å². The highest BCUT2D eigenvalue weighted by molar-refractivity contribution is 7.99. The van der Waals surface area contributed by atoms with Gasteiger partial charge in [-0.25, -0.2) is 0 Å². The van der Waals surface area contributed by atoms with Gasteiger partial charge < -0.3 is 21.1 Å². The maximum atomic E-state index is 12.2. The summed E-state index contributed by atoms with van der Waals surface area (Å²) < 4.78 is 0. The number of amides is 1. The Morgan fingerprint density at radius 3 is 2.44 bits per heavy atom. The summed E-state index contributed by atoms with van der Waals surface area (Å²) in [5.74, 6) is 2.56. The number of primary amides is 1. The lowest BCUT2D eigenvalue weighted by Gasteiger charge is -2.28. The third-order valence-corrected chi connectivity index (χ3v) is 6.73. The number of hydrogen-bond donors (Lipinski definition) is 4. The molecule has 2 aromatic carbocycles. The predicted octanol–water partition coefficient (Wildman–Crippen LogP) is 3.59. The summed E-state index contributed by atoms with van der Waals surface area (Å²) in [7, 11) is 0. The van der Waals surface area contributed by atoms with Crippen molar-refractivity contribution in [2.45, 2.75) is 26.8 Å². The zero-order valence-corrected chi connectivity index (χ0v) is 19.3. The maximum Gasteiger partial charge on any atom is 0.254 e. The van der Waals surface area contributed by atoms with Gasteiger partial charge in [-0.05, 0) is 48.2 Å². The van der Waals surface area contributed by atoms with Gasteiger partial charge in [0.2, 0.25) is 0 Å². The van der Waals surface area contributed by atoms with Gasteiger partial charge in [0.05, 0.1) is 5.69 Å². The van der Waals surface area contributed by atoms with Crippen molar-refractivity contribution >= 4 is 29.2 Å². The zero-order valence-electron chi connectivity index (χ0n) is 18.4. The van der Waals surface area contributed by atoms with Crippen LogP contribution < -0.4 is 16.0 Å². The van der Waals surface area contributed by atoms with Crippen LogP contribution in [0.15, 0.2) is 36.4 Å². The van der Waals surface area contributed by atoms with E-state index in [9.17, 15) is 9.90 Å². The number of nitrogens with zero attached hydrogens (tertiary/aromatic N) is 2. The van der Waals surface area contributed by atoms with Gasteiger partial charge in [-0.15, -0.1) is 0 Å². The highest BCUT2D eigenvalue weighted by Gasteiger charge is 2.19. The summed E-state index contributed by atoms with van der Waals surface area (Å²) in [5.41, 5.74) is 11.7. The molecule has 1 amide bonds. The summed E-state index contributed by atoms with van der Waals surface area (Å²) in [5, 5.41) is 20.5. The fraction of sp³-hybridized carbons (Fsp3) is 0.333. The lowest BCUT2D eigenvalue weighted by Crippen LogP contribution is -2.32. The summed E-state index contributed by atoms with van der Waals surface area (Å²) in [6, 6.07) is 12.3. The predicted molar refractivity (Wildman–Crippen MR) is 131 cm³/mol. The Balaban J connectivity index is 1.47. The second-order valence-electron chi connectivity index (χ2n) is 8.16. The van der Waals surface area contributed by atoms with Gasteiger partial charge in [0, 0.05) is 43.2 Å². The first-order chi connectivity index (χ1) is 15.4. The number of nitrogens with one attached hydrogen (secondary N) is 2. The number of phenols is 1. The maximum absolute atomic E-state index is 12.2. The molecule has 5 N–H and O–H groups in total. The molecule has 1 fully saturated rings. The SMILES string of the molecule is Cc1cc(CNc2n[nH]c(Cc3ccc(N4CCSCC4)cc3)c2C(N)=O)cc(C)c1O. The number of hydrogen-bond acceptors (Lipinski definition) is 6. The van der Waals surface area contributed by atoms with E-state index in [1.165, 1.54) is 5.69 Å². The van der Waals surface area contributed by atoms with Crippen LogP contribution in [0.25, 0.3) is 0 Å². The van der Waals surface area contributed by atoms with Gasteiger partial charge >= 0.3 is 0 Å². The summed E-state index contributed by atoms with van der Waals surface area (Å²) in [4.78, 5) is 14.6. The van der Waals surface area contributed by atoms with Crippen LogP contribution in [0.2, 0.25) is 0 Å². The second-order valence-corrected chi connectivity index (χ2v) is 9.39. The number of aromatic nitrogens is 2. The number of nitrogens with two attached hydrogens (primary N) is 1. The molecule has 4 rings (SSSR count). The Bertz CT molecular complexity index is 1080. The second kappa shape index (κ2) is 9.56. The molecule has 0 unspecified atom stereocenters. The van der Waals surface area contributed by atoms with Crippen LogP contribution in [0, 0.1) is 13.8 Å². The Morgan fingerprint density at radius 2 is 1.81 bits per heavy atom. The number of thioether (sulfide) groups is 1. The molecule has 3 aromatic rings. The van der Waals surface area contributed by atoms with Gasteiger partial charge in [-0.2, -0.15) is 16.9 Å². The molecular weight excluding hydrogens is 422 g/mol. The Morgan fingerprint density at radius 1 is 1.16 bits per heavy atom. The standard InChI is InChI=1S/C24H29N5O2S/c1-15-11-18(12-16(2)22(15)30)14-26-24-21(23(25)31)20(27-28-24)13-17-3-5-19(6-4-17)29-7-9-32-10-8-29/h3-6,11-12,30H,7-10,13-14H2,1-2H3,(H2,25,31)(H2,26,27,28). The molecule has 0 radical (unpaired) electrons. The first kappa shape index (κ1) is 22.1. The minimum atomic E-state index is -0.517. The molecule has 8 heteroatoms. The van der Waals surface area contributed by atoms with Gasteiger partial charge in [-0.1, -0.05) is 24.3 Å². The molecule has 0 aliphatic carbocycles. The smallest absolute Gasteiger partial charge is 0.254 e. The number of phenolic OH excluding ortho intramolecular Hbond substituents is 1. The molecule has 0 saturated carbocycles. The molecule has 1 aromatic heterocycles. The number of carbonyl (C=O) groups excluding carboxylic acids is 1. The van der Waals surface area contributed by atoms with Crippen LogP contribution in [0.5, 0.6) is 5.75 Å².